The Hall–Kier alpha value is -3.23. The summed E-state index contributed by atoms with van der Waals surface area (Å²) in [4.78, 5) is 18.5. The van der Waals surface area contributed by atoms with Crippen LogP contribution in [-0.4, -0.2) is 30.6 Å². The topological polar surface area (TPSA) is 107 Å². The fourth-order valence-electron chi connectivity index (χ4n) is 2.14. The van der Waals surface area contributed by atoms with E-state index in [9.17, 15) is 10.1 Å². The van der Waals surface area contributed by atoms with E-state index in [1.54, 1.807) is 18.3 Å². The van der Waals surface area contributed by atoms with E-state index < -0.39 is 4.92 Å². The lowest BCUT2D eigenvalue weighted by Gasteiger charge is -2.10. The van der Waals surface area contributed by atoms with Crippen molar-refractivity contribution in [3.63, 3.8) is 0 Å². The molecule has 0 saturated carbocycles. The first-order valence-electron chi connectivity index (χ1n) is 7.37. The van der Waals surface area contributed by atoms with Gasteiger partial charge in [-0.05, 0) is 36.5 Å². The van der Waals surface area contributed by atoms with Gasteiger partial charge in [-0.25, -0.2) is 9.97 Å². The summed E-state index contributed by atoms with van der Waals surface area (Å²) in [5.41, 5.74) is 1.38. The Morgan fingerprint density at radius 1 is 1.33 bits per heavy atom. The Morgan fingerprint density at radius 3 is 2.92 bits per heavy atom. The van der Waals surface area contributed by atoms with Gasteiger partial charge in [0.2, 0.25) is 11.5 Å². The third kappa shape index (κ3) is 3.40. The SMILES string of the molecule is CC(C)Oc1cc(CNc2ccc3ncc([N+](=O)[O-])n3n2)ccn1. The van der Waals surface area contributed by atoms with Crippen LogP contribution < -0.4 is 10.1 Å². The van der Waals surface area contributed by atoms with Crippen LogP contribution in [-0.2, 0) is 6.54 Å². The van der Waals surface area contributed by atoms with Crippen LogP contribution in [0, 0.1) is 10.1 Å². The highest BCUT2D eigenvalue weighted by Crippen LogP contribution is 2.16. The molecule has 0 amide bonds. The third-order valence-corrected chi connectivity index (χ3v) is 3.16. The molecule has 124 valence electrons. The molecule has 0 aliphatic heterocycles. The zero-order valence-electron chi connectivity index (χ0n) is 13.2. The van der Waals surface area contributed by atoms with E-state index in [4.69, 9.17) is 4.74 Å². The fraction of sp³-hybridized carbons (Fsp3) is 0.267. The molecule has 9 nitrogen and oxygen atoms in total. The number of imidazole rings is 1. The van der Waals surface area contributed by atoms with Crippen LogP contribution in [0.1, 0.15) is 19.4 Å². The number of hydrogen-bond donors (Lipinski definition) is 1. The number of aromatic nitrogens is 4. The van der Waals surface area contributed by atoms with Gasteiger partial charge >= 0.3 is 5.82 Å². The molecule has 3 aromatic rings. The number of rotatable bonds is 6. The smallest absolute Gasteiger partial charge is 0.368 e. The molecule has 0 aliphatic rings. The third-order valence-electron chi connectivity index (χ3n) is 3.16. The molecular weight excluding hydrogens is 312 g/mol. The number of ether oxygens (including phenoxy) is 1. The molecule has 0 unspecified atom stereocenters. The van der Waals surface area contributed by atoms with Crippen molar-refractivity contribution in [2.45, 2.75) is 26.5 Å². The van der Waals surface area contributed by atoms with E-state index in [0.29, 0.717) is 23.9 Å². The van der Waals surface area contributed by atoms with E-state index in [0.717, 1.165) is 5.56 Å². The van der Waals surface area contributed by atoms with Crippen molar-refractivity contribution >= 4 is 17.3 Å². The monoisotopic (exact) mass is 328 g/mol. The minimum atomic E-state index is -0.519. The maximum absolute atomic E-state index is 11.0. The number of hydrogen-bond acceptors (Lipinski definition) is 7. The summed E-state index contributed by atoms with van der Waals surface area (Å²) in [6.07, 6.45) is 2.91. The summed E-state index contributed by atoms with van der Waals surface area (Å²) in [5, 5.41) is 18.3. The van der Waals surface area contributed by atoms with Gasteiger partial charge in [-0.3, -0.25) is 0 Å². The van der Waals surface area contributed by atoms with E-state index in [1.165, 1.54) is 10.7 Å². The molecule has 3 rings (SSSR count). The molecule has 0 atom stereocenters. The number of pyridine rings is 1. The first kappa shape index (κ1) is 15.7. The summed E-state index contributed by atoms with van der Waals surface area (Å²) in [5.74, 6) is 0.884. The molecule has 0 radical (unpaired) electrons. The number of nitrogens with zero attached hydrogens (tertiary/aromatic N) is 5. The maximum Gasteiger partial charge on any atom is 0.368 e. The molecule has 1 N–H and O–H groups in total. The van der Waals surface area contributed by atoms with Crippen molar-refractivity contribution in [2.75, 3.05) is 5.32 Å². The standard InChI is InChI=1S/C15H16N6O3/c1-10(2)24-14-7-11(5-6-16-14)8-17-12-3-4-13-18-9-15(21(22)23)20(13)19-12/h3-7,9-10H,8H2,1-2H3,(H,17,19). The van der Waals surface area contributed by atoms with Crippen molar-refractivity contribution in [2.24, 2.45) is 0 Å². The van der Waals surface area contributed by atoms with Gasteiger partial charge in [0.1, 0.15) is 6.20 Å². The van der Waals surface area contributed by atoms with Crippen LogP contribution in [0.4, 0.5) is 11.6 Å². The second-order valence-corrected chi connectivity index (χ2v) is 5.38. The van der Waals surface area contributed by atoms with Crippen LogP contribution in [0.3, 0.4) is 0 Å². The number of nitrogens with one attached hydrogen (secondary N) is 1. The van der Waals surface area contributed by atoms with Gasteiger partial charge in [0.05, 0.1) is 6.10 Å². The van der Waals surface area contributed by atoms with Crippen LogP contribution in [0.25, 0.3) is 5.65 Å². The number of anilines is 1. The summed E-state index contributed by atoms with van der Waals surface area (Å²) >= 11 is 0. The van der Waals surface area contributed by atoms with E-state index >= 15 is 0 Å². The molecule has 0 spiro atoms. The highest BCUT2D eigenvalue weighted by molar-refractivity contribution is 5.48. The Morgan fingerprint density at radius 2 is 2.17 bits per heavy atom. The van der Waals surface area contributed by atoms with E-state index in [2.05, 4.69) is 20.4 Å². The summed E-state index contributed by atoms with van der Waals surface area (Å²) in [6.45, 7) is 4.35. The molecule has 3 heterocycles. The zero-order valence-corrected chi connectivity index (χ0v) is 13.2. The molecule has 0 aromatic carbocycles. The van der Waals surface area contributed by atoms with Crippen molar-refractivity contribution < 1.29 is 9.66 Å². The van der Waals surface area contributed by atoms with Gasteiger partial charge in [-0.1, -0.05) is 9.61 Å². The average Bonchev–Trinajstić information content (AvgIpc) is 2.96. The first-order chi connectivity index (χ1) is 11.5. The minimum absolute atomic E-state index is 0.0478. The van der Waals surface area contributed by atoms with Gasteiger partial charge < -0.3 is 20.2 Å². The Labute approximate surface area is 137 Å². The highest BCUT2D eigenvalue weighted by Gasteiger charge is 2.15. The van der Waals surface area contributed by atoms with Crippen LogP contribution in [0.2, 0.25) is 0 Å². The molecule has 3 aromatic heterocycles. The predicted molar refractivity (Wildman–Crippen MR) is 87.0 cm³/mol. The minimum Gasteiger partial charge on any atom is -0.475 e. The lowest BCUT2D eigenvalue weighted by atomic mass is 10.2. The fourth-order valence-corrected chi connectivity index (χ4v) is 2.14. The molecule has 0 bridgehead atoms. The Bertz CT molecular complexity index is 877. The van der Waals surface area contributed by atoms with Gasteiger partial charge in [0.15, 0.2) is 5.82 Å². The van der Waals surface area contributed by atoms with Crippen molar-refractivity contribution in [3.05, 3.63) is 52.3 Å². The predicted octanol–water partition coefficient (Wildman–Crippen LogP) is 2.43. The Kier molecular flexibility index (Phi) is 4.23. The van der Waals surface area contributed by atoms with Crippen molar-refractivity contribution in [1.82, 2.24) is 19.6 Å². The van der Waals surface area contributed by atoms with Crippen LogP contribution in [0.5, 0.6) is 5.88 Å². The van der Waals surface area contributed by atoms with Gasteiger partial charge in [-0.15, -0.1) is 0 Å². The highest BCUT2D eigenvalue weighted by atomic mass is 16.6. The largest absolute Gasteiger partial charge is 0.475 e. The molecule has 0 saturated heterocycles. The lowest BCUT2D eigenvalue weighted by Crippen LogP contribution is -2.08. The molecular formula is C15H16N6O3. The number of nitro groups is 1. The first-order valence-corrected chi connectivity index (χ1v) is 7.37. The van der Waals surface area contributed by atoms with Crippen molar-refractivity contribution in [1.29, 1.82) is 0 Å². The Balaban J connectivity index is 1.76. The molecule has 24 heavy (non-hydrogen) atoms. The van der Waals surface area contributed by atoms with E-state index in [-0.39, 0.29) is 11.9 Å². The molecule has 0 fully saturated rings. The van der Waals surface area contributed by atoms with Gasteiger partial charge in [-0.2, -0.15) is 0 Å². The van der Waals surface area contributed by atoms with Crippen LogP contribution >= 0.6 is 0 Å². The molecule has 9 heteroatoms. The van der Waals surface area contributed by atoms with Gasteiger partial charge in [0, 0.05) is 24.9 Å². The lowest BCUT2D eigenvalue weighted by molar-refractivity contribution is -0.391. The van der Waals surface area contributed by atoms with Gasteiger partial charge in [0.25, 0.3) is 0 Å². The zero-order chi connectivity index (χ0) is 17.1. The summed E-state index contributed by atoms with van der Waals surface area (Å²) in [7, 11) is 0. The summed E-state index contributed by atoms with van der Waals surface area (Å²) in [6, 6.07) is 7.09. The second-order valence-electron chi connectivity index (χ2n) is 5.38. The van der Waals surface area contributed by atoms with Crippen LogP contribution in [0.15, 0.2) is 36.7 Å². The maximum atomic E-state index is 11.0. The second kappa shape index (κ2) is 6.49. The quantitative estimate of drug-likeness (QED) is 0.547. The van der Waals surface area contributed by atoms with E-state index in [1.807, 2.05) is 26.0 Å². The normalized spacial score (nSPS) is 11.0. The average molecular weight is 328 g/mol. The van der Waals surface area contributed by atoms with Crippen molar-refractivity contribution in [3.8, 4) is 5.88 Å². The molecule has 0 aliphatic carbocycles. The summed E-state index contributed by atoms with van der Waals surface area (Å²) < 4.78 is 6.75. The number of fused-ring (bicyclic) bond motifs is 1.